The van der Waals surface area contributed by atoms with Gasteiger partial charge in [-0.05, 0) is 28.3 Å². The number of ether oxygens (including phenoxy) is 1. The first-order chi connectivity index (χ1) is 16.1. The van der Waals surface area contributed by atoms with Crippen LogP contribution in [0, 0.1) is 10.1 Å². The second-order valence-electron chi connectivity index (χ2n) is 7.68. The molecular weight excluding hydrogens is 420 g/mol. The Morgan fingerprint density at radius 3 is 2.45 bits per heavy atom. The van der Waals surface area contributed by atoms with Crippen LogP contribution in [0.5, 0.6) is 0 Å². The van der Waals surface area contributed by atoms with E-state index in [0.29, 0.717) is 16.6 Å². The number of hydrogen-bond donors (Lipinski definition) is 2. The van der Waals surface area contributed by atoms with Crippen LogP contribution in [-0.2, 0) is 4.74 Å². The Morgan fingerprint density at radius 1 is 1.06 bits per heavy atom. The fourth-order valence-corrected chi connectivity index (χ4v) is 4.29. The standard InChI is InChI=1S/C25H20N4O4/c30-25(26-14-6-12-22-20-11-5-13-23(29(31)32)24(20)28-27-22)33-15-21-18-9-3-1-7-16(18)17-8-2-4-10-19(17)21/h1-13,21H,14-15H2,(H,26,30)(H,27,28). The number of aromatic nitrogens is 2. The molecule has 0 radical (unpaired) electrons. The van der Waals surface area contributed by atoms with Gasteiger partial charge in [0.05, 0.1) is 10.6 Å². The second-order valence-corrected chi connectivity index (χ2v) is 7.68. The maximum atomic E-state index is 12.3. The summed E-state index contributed by atoms with van der Waals surface area (Å²) in [6.07, 6.45) is 2.95. The molecular formula is C25H20N4O4. The van der Waals surface area contributed by atoms with Crippen molar-refractivity contribution in [3.05, 3.63) is 99.7 Å². The highest BCUT2D eigenvalue weighted by molar-refractivity contribution is 5.92. The number of carbonyl (C=O) groups is 1. The van der Waals surface area contributed by atoms with Crippen LogP contribution in [0.3, 0.4) is 0 Å². The highest BCUT2D eigenvalue weighted by atomic mass is 16.6. The summed E-state index contributed by atoms with van der Waals surface area (Å²) in [7, 11) is 0. The van der Waals surface area contributed by atoms with Crippen LogP contribution >= 0.6 is 0 Å². The number of nitrogens with one attached hydrogen (secondary N) is 2. The van der Waals surface area contributed by atoms with Gasteiger partial charge in [0, 0.05) is 23.9 Å². The summed E-state index contributed by atoms with van der Waals surface area (Å²) < 4.78 is 5.51. The molecule has 0 aliphatic heterocycles. The predicted octanol–water partition coefficient (Wildman–Crippen LogP) is 5.02. The Kier molecular flexibility index (Phi) is 5.32. The second kappa shape index (κ2) is 8.58. The Morgan fingerprint density at radius 2 is 1.76 bits per heavy atom. The van der Waals surface area contributed by atoms with Crippen LogP contribution in [0.25, 0.3) is 28.1 Å². The molecule has 4 aromatic rings. The summed E-state index contributed by atoms with van der Waals surface area (Å²) in [5.41, 5.74) is 5.54. The van der Waals surface area contributed by atoms with Gasteiger partial charge in [-0.25, -0.2) is 4.79 Å². The Labute approximate surface area is 189 Å². The van der Waals surface area contributed by atoms with Crippen LogP contribution in [-0.4, -0.2) is 34.4 Å². The highest BCUT2D eigenvalue weighted by Crippen LogP contribution is 2.44. The fourth-order valence-electron chi connectivity index (χ4n) is 4.29. The van der Waals surface area contributed by atoms with Crippen molar-refractivity contribution in [2.75, 3.05) is 13.2 Å². The normalized spacial score (nSPS) is 12.6. The molecule has 1 aromatic heterocycles. The predicted molar refractivity (Wildman–Crippen MR) is 125 cm³/mol. The smallest absolute Gasteiger partial charge is 0.407 e. The van der Waals surface area contributed by atoms with Gasteiger partial charge in [-0.2, -0.15) is 5.10 Å². The summed E-state index contributed by atoms with van der Waals surface area (Å²) in [6.45, 7) is 0.491. The molecule has 8 nitrogen and oxygen atoms in total. The first kappa shape index (κ1) is 20.4. The summed E-state index contributed by atoms with van der Waals surface area (Å²) >= 11 is 0. The van der Waals surface area contributed by atoms with Crippen LogP contribution in [0.15, 0.2) is 72.8 Å². The third-order valence-electron chi connectivity index (χ3n) is 5.78. The third-order valence-corrected chi connectivity index (χ3v) is 5.78. The SMILES string of the molecule is O=C(NCC=Cc1[nH]nc2c([N+](=O)[O-])cccc12)OCC1c2ccccc2-c2ccccc21. The number of aromatic amines is 1. The lowest BCUT2D eigenvalue weighted by Crippen LogP contribution is -2.26. The minimum absolute atomic E-state index is 0.00541. The highest BCUT2D eigenvalue weighted by Gasteiger charge is 2.28. The zero-order valence-electron chi connectivity index (χ0n) is 17.5. The topological polar surface area (TPSA) is 110 Å². The number of alkyl carbamates (subject to hydrolysis) is 1. The maximum Gasteiger partial charge on any atom is 0.407 e. The molecule has 8 heteroatoms. The molecule has 164 valence electrons. The fraction of sp³-hybridized carbons (Fsp3) is 0.120. The number of nitro groups is 1. The summed E-state index contributed by atoms with van der Waals surface area (Å²) in [5.74, 6) is 0.00541. The Bertz CT molecular complexity index is 1350. The van der Waals surface area contributed by atoms with Crippen LogP contribution in [0.4, 0.5) is 10.5 Å². The van der Waals surface area contributed by atoms with Gasteiger partial charge in [-0.15, -0.1) is 0 Å². The minimum atomic E-state index is -0.508. The lowest BCUT2D eigenvalue weighted by atomic mass is 9.98. The average Bonchev–Trinajstić information content (AvgIpc) is 3.39. The van der Waals surface area contributed by atoms with E-state index in [4.69, 9.17) is 4.74 Å². The first-order valence-corrected chi connectivity index (χ1v) is 10.5. The van der Waals surface area contributed by atoms with E-state index < -0.39 is 11.0 Å². The number of rotatable bonds is 6. The van der Waals surface area contributed by atoms with E-state index in [1.165, 1.54) is 17.2 Å². The number of carbonyl (C=O) groups excluding carboxylic acids is 1. The molecule has 33 heavy (non-hydrogen) atoms. The lowest BCUT2D eigenvalue weighted by Gasteiger charge is -2.14. The van der Waals surface area contributed by atoms with Crippen molar-refractivity contribution < 1.29 is 14.5 Å². The molecule has 1 aliphatic carbocycles. The van der Waals surface area contributed by atoms with E-state index >= 15 is 0 Å². The van der Waals surface area contributed by atoms with Gasteiger partial charge in [-0.1, -0.05) is 66.7 Å². The molecule has 0 atom stereocenters. The van der Waals surface area contributed by atoms with E-state index in [-0.39, 0.29) is 24.8 Å². The van der Waals surface area contributed by atoms with Crippen molar-refractivity contribution in [2.45, 2.75) is 5.92 Å². The summed E-state index contributed by atoms with van der Waals surface area (Å²) in [4.78, 5) is 22.9. The molecule has 3 aromatic carbocycles. The van der Waals surface area contributed by atoms with E-state index in [0.717, 1.165) is 11.1 Å². The molecule has 0 unspecified atom stereocenters. The Hall–Kier alpha value is -4.46. The van der Waals surface area contributed by atoms with Gasteiger partial charge in [0.25, 0.3) is 5.69 Å². The van der Waals surface area contributed by atoms with Crippen LogP contribution in [0.2, 0.25) is 0 Å². The lowest BCUT2D eigenvalue weighted by molar-refractivity contribution is -0.383. The van der Waals surface area contributed by atoms with Crippen molar-refractivity contribution >= 4 is 28.8 Å². The van der Waals surface area contributed by atoms with E-state index in [9.17, 15) is 14.9 Å². The monoisotopic (exact) mass is 440 g/mol. The molecule has 5 rings (SSSR count). The first-order valence-electron chi connectivity index (χ1n) is 10.5. The van der Waals surface area contributed by atoms with Crippen molar-refractivity contribution in [1.29, 1.82) is 0 Å². The molecule has 1 amide bonds. The van der Waals surface area contributed by atoms with Gasteiger partial charge in [0.2, 0.25) is 0 Å². The number of amides is 1. The average molecular weight is 440 g/mol. The van der Waals surface area contributed by atoms with Gasteiger partial charge in [0.15, 0.2) is 5.52 Å². The van der Waals surface area contributed by atoms with Gasteiger partial charge >= 0.3 is 6.09 Å². The summed E-state index contributed by atoms with van der Waals surface area (Å²) in [5, 5.41) is 21.3. The molecule has 1 aliphatic rings. The molecule has 0 saturated carbocycles. The molecule has 2 N–H and O–H groups in total. The molecule has 0 spiro atoms. The quantitative estimate of drug-likeness (QED) is 0.323. The van der Waals surface area contributed by atoms with Gasteiger partial charge in [0.1, 0.15) is 6.61 Å². The van der Waals surface area contributed by atoms with Crippen molar-refractivity contribution in [3.63, 3.8) is 0 Å². The number of benzene rings is 3. The number of H-pyrrole nitrogens is 1. The van der Waals surface area contributed by atoms with Gasteiger partial charge < -0.3 is 10.1 Å². The number of hydrogen-bond acceptors (Lipinski definition) is 5. The molecule has 1 heterocycles. The van der Waals surface area contributed by atoms with Crippen molar-refractivity contribution in [1.82, 2.24) is 15.5 Å². The third kappa shape index (κ3) is 3.82. The molecule has 0 fully saturated rings. The maximum absolute atomic E-state index is 12.3. The number of non-ortho nitro benzene ring substituents is 1. The van der Waals surface area contributed by atoms with E-state index in [2.05, 4.69) is 39.8 Å². The zero-order valence-corrected chi connectivity index (χ0v) is 17.5. The molecule has 0 bridgehead atoms. The minimum Gasteiger partial charge on any atom is -0.449 e. The number of nitrogens with zero attached hydrogens (tertiary/aromatic N) is 2. The number of para-hydroxylation sites is 1. The largest absolute Gasteiger partial charge is 0.449 e. The van der Waals surface area contributed by atoms with E-state index in [1.54, 1.807) is 24.3 Å². The van der Waals surface area contributed by atoms with Gasteiger partial charge in [-0.3, -0.25) is 15.2 Å². The number of fused-ring (bicyclic) bond motifs is 4. The summed E-state index contributed by atoms with van der Waals surface area (Å²) in [6, 6.07) is 21.1. The zero-order chi connectivity index (χ0) is 22.8. The number of nitro benzene ring substituents is 1. The van der Waals surface area contributed by atoms with Crippen LogP contribution < -0.4 is 5.32 Å². The van der Waals surface area contributed by atoms with Crippen molar-refractivity contribution in [3.8, 4) is 11.1 Å². The Balaban J connectivity index is 1.20. The van der Waals surface area contributed by atoms with Crippen molar-refractivity contribution in [2.24, 2.45) is 0 Å². The van der Waals surface area contributed by atoms with E-state index in [1.807, 2.05) is 24.3 Å². The van der Waals surface area contributed by atoms with Crippen LogP contribution in [0.1, 0.15) is 22.7 Å². The molecule has 0 saturated heterocycles.